The van der Waals surface area contributed by atoms with Crippen molar-refractivity contribution in [1.29, 1.82) is 0 Å². The maximum Gasteiger partial charge on any atom is 0.244 e. The lowest BCUT2D eigenvalue weighted by molar-refractivity contribution is -0.140. The van der Waals surface area contributed by atoms with Crippen LogP contribution in [0.15, 0.2) is 84.9 Å². The molecule has 0 aromatic heterocycles. The smallest absolute Gasteiger partial charge is 0.244 e. The van der Waals surface area contributed by atoms with Crippen LogP contribution in [-0.2, 0) is 32.6 Å². The molecule has 1 saturated carbocycles. The van der Waals surface area contributed by atoms with Gasteiger partial charge in [-0.15, -0.1) is 0 Å². The van der Waals surface area contributed by atoms with Gasteiger partial charge in [0, 0.05) is 24.6 Å². The van der Waals surface area contributed by atoms with Crippen LogP contribution in [0.3, 0.4) is 0 Å². The van der Waals surface area contributed by atoms with Gasteiger partial charge in [0.25, 0.3) is 0 Å². The van der Waals surface area contributed by atoms with E-state index >= 15 is 0 Å². The molecule has 0 unspecified atom stereocenters. The van der Waals surface area contributed by atoms with E-state index in [1.807, 2.05) is 60.7 Å². The van der Waals surface area contributed by atoms with Crippen molar-refractivity contribution >= 4 is 33.3 Å². The molecule has 222 valence electrons. The molecule has 1 atom stereocenters. The number of nitrogens with one attached hydrogen (secondary N) is 1. The molecule has 0 spiro atoms. The average molecular weight is 590 g/mol. The van der Waals surface area contributed by atoms with Gasteiger partial charge in [-0.05, 0) is 43.0 Å². The number of sulfonamides is 1. The molecular weight excluding hydrogens is 550 g/mol. The second-order valence-corrected chi connectivity index (χ2v) is 12.8. The summed E-state index contributed by atoms with van der Waals surface area (Å²) in [5.41, 5.74) is 2.26. The Bertz CT molecular complexity index is 1470. The molecule has 42 heavy (non-hydrogen) atoms. The molecule has 0 heterocycles. The summed E-state index contributed by atoms with van der Waals surface area (Å²) in [4.78, 5) is 41.7. The molecule has 2 amide bonds. The van der Waals surface area contributed by atoms with Gasteiger partial charge in [-0.25, -0.2) is 8.42 Å². The van der Waals surface area contributed by atoms with E-state index < -0.39 is 28.5 Å². The van der Waals surface area contributed by atoms with E-state index in [0.717, 1.165) is 53.8 Å². The first-order chi connectivity index (χ1) is 20.1. The van der Waals surface area contributed by atoms with Gasteiger partial charge in [0.1, 0.15) is 12.6 Å². The van der Waals surface area contributed by atoms with Crippen molar-refractivity contribution in [2.75, 3.05) is 17.1 Å². The Kier molecular flexibility index (Phi) is 10.5. The van der Waals surface area contributed by atoms with Gasteiger partial charge in [0.2, 0.25) is 21.8 Å². The Morgan fingerprint density at radius 3 is 2.07 bits per heavy atom. The number of amides is 2. The lowest BCUT2D eigenvalue weighted by Crippen LogP contribution is -2.55. The Morgan fingerprint density at radius 2 is 1.48 bits per heavy atom. The molecule has 0 radical (unpaired) electrons. The number of Topliss-reactive ketones (excluding diaryl/α,β-unsaturated/α-hetero) is 1. The van der Waals surface area contributed by atoms with Gasteiger partial charge in [-0.1, -0.05) is 92.1 Å². The van der Waals surface area contributed by atoms with Crippen molar-refractivity contribution in [2.24, 2.45) is 0 Å². The summed E-state index contributed by atoms with van der Waals surface area (Å²) in [5, 5.41) is 3.19. The molecule has 1 fully saturated rings. The normalized spacial score (nSPS) is 14.5. The van der Waals surface area contributed by atoms with Crippen molar-refractivity contribution in [3.63, 3.8) is 0 Å². The van der Waals surface area contributed by atoms with E-state index in [2.05, 4.69) is 5.32 Å². The van der Waals surface area contributed by atoms with Gasteiger partial charge < -0.3 is 10.2 Å². The molecule has 0 aliphatic heterocycles. The molecule has 9 heteroatoms. The first kappa shape index (κ1) is 31.0. The second kappa shape index (κ2) is 14.3. The largest absolute Gasteiger partial charge is 0.352 e. The molecule has 8 nitrogen and oxygen atoms in total. The van der Waals surface area contributed by atoms with E-state index in [1.54, 1.807) is 18.2 Å². The molecule has 0 bridgehead atoms. The van der Waals surface area contributed by atoms with Crippen LogP contribution >= 0.6 is 0 Å². The number of nitrogens with zero attached hydrogens (tertiary/aromatic N) is 2. The molecule has 4 rings (SSSR count). The van der Waals surface area contributed by atoms with Crippen LogP contribution in [-0.4, -0.2) is 55.8 Å². The van der Waals surface area contributed by atoms with E-state index in [1.165, 1.54) is 17.9 Å². The van der Waals surface area contributed by atoms with Crippen molar-refractivity contribution in [1.82, 2.24) is 10.2 Å². The predicted octanol–water partition coefficient (Wildman–Crippen LogP) is 4.74. The maximum atomic E-state index is 14.2. The SMILES string of the molecule is CC(=O)c1cccc(N(CC(=O)N(Cc2ccccc2)[C@@H](Cc2ccccc2)C(=O)NC2CCCCC2)S(C)(=O)=O)c1. The fourth-order valence-corrected chi connectivity index (χ4v) is 6.21. The number of ketones is 1. The van der Waals surface area contributed by atoms with Crippen LogP contribution in [0.1, 0.15) is 60.5 Å². The highest BCUT2D eigenvalue weighted by Crippen LogP contribution is 2.23. The summed E-state index contributed by atoms with van der Waals surface area (Å²) in [7, 11) is -3.92. The highest BCUT2D eigenvalue weighted by atomic mass is 32.2. The monoisotopic (exact) mass is 589 g/mol. The molecule has 1 aliphatic rings. The minimum absolute atomic E-state index is 0.0417. The fourth-order valence-electron chi connectivity index (χ4n) is 5.37. The van der Waals surface area contributed by atoms with Gasteiger partial charge in [0.05, 0.1) is 11.9 Å². The summed E-state index contributed by atoms with van der Waals surface area (Å²) >= 11 is 0. The van der Waals surface area contributed by atoms with Crippen molar-refractivity contribution < 1.29 is 22.8 Å². The second-order valence-electron chi connectivity index (χ2n) is 10.9. The lowest BCUT2D eigenvalue weighted by atomic mass is 9.94. The van der Waals surface area contributed by atoms with E-state index in [-0.39, 0.29) is 36.4 Å². The fraction of sp³-hybridized carbons (Fsp3) is 0.364. The highest BCUT2D eigenvalue weighted by Gasteiger charge is 2.34. The number of hydrogen-bond donors (Lipinski definition) is 1. The van der Waals surface area contributed by atoms with Crippen molar-refractivity contribution in [3.05, 3.63) is 102 Å². The molecule has 3 aromatic rings. The van der Waals surface area contributed by atoms with Crippen LogP contribution in [0.5, 0.6) is 0 Å². The van der Waals surface area contributed by atoms with Crippen LogP contribution < -0.4 is 9.62 Å². The van der Waals surface area contributed by atoms with E-state index in [9.17, 15) is 22.8 Å². The number of anilines is 1. The Labute approximate surface area is 248 Å². The summed E-state index contributed by atoms with van der Waals surface area (Å²) in [6.07, 6.45) is 6.32. The van der Waals surface area contributed by atoms with Crippen LogP contribution in [0, 0.1) is 0 Å². The number of rotatable bonds is 12. The highest BCUT2D eigenvalue weighted by molar-refractivity contribution is 7.92. The third kappa shape index (κ3) is 8.52. The zero-order chi connectivity index (χ0) is 30.1. The summed E-state index contributed by atoms with van der Waals surface area (Å²) < 4.78 is 27.0. The summed E-state index contributed by atoms with van der Waals surface area (Å²) in [6, 6.07) is 24.3. The Morgan fingerprint density at radius 1 is 0.857 bits per heavy atom. The first-order valence-corrected chi connectivity index (χ1v) is 16.2. The quantitative estimate of drug-likeness (QED) is 0.307. The zero-order valence-corrected chi connectivity index (χ0v) is 25.1. The average Bonchev–Trinajstić information content (AvgIpc) is 2.98. The van der Waals surface area contributed by atoms with Crippen LogP contribution in [0.4, 0.5) is 5.69 Å². The molecule has 1 N–H and O–H groups in total. The predicted molar refractivity (Wildman–Crippen MR) is 165 cm³/mol. The topological polar surface area (TPSA) is 104 Å². The minimum Gasteiger partial charge on any atom is -0.352 e. The molecule has 3 aromatic carbocycles. The lowest BCUT2D eigenvalue weighted by Gasteiger charge is -2.35. The standard InChI is InChI=1S/C33H39N3O5S/c1-25(37)28-17-12-20-30(22-28)36(42(2,40)41)24-32(38)35(23-27-15-8-4-9-16-27)31(21-26-13-6-3-7-14-26)33(39)34-29-18-10-5-11-19-29/h3-4,6-9,12-17,20,22,29,31H,5,10-11,18-19,21,23-24H2,1-2H3,(H,34,39)/t31-/m0/s1. The van der Waals surface area contributed by atoms with Crippen LogP contribution in [0.25, 0.3) is 0 Å². The van der Waals surface area contributed by atoms with Gasteiger partial charge in [-0.2, -0.15) is 0 Å². The van der Waals surface area contributed by atoms with Crippen LogP contribution in [0.2, 0.25) is 0 Å². The molecule has 0 saturated heterocycles. The van der Waals surface area contributed by atoms with Crippen molar-refractivity contribution in [2.45, 2.75) is 64.1 Å². The number of carbonyl (C=O) groups excluding carboxylic acids is 3. The number of benzene rings is 3. The number of hydrogen-bond acceptors (Lipinski definition) is 5. The Balaban J connectivity index is 1.72. The molecule has 1 aliphatic carbocycles. The summed E-state index contributed by atoms with van der Waals surface area (Å²) in [6.45, 7) is 1.01. The van der Waals surface area contributed by atoms with Gasteiger partial charge >= 0.3 is 0 Å². The zero-order valence-electron chi connectivity index (χ0n) is 24.2. The van der Waals surface area contributed by atoms with Gasteiger partial charge in [0.15, 0.2) is 5.78 Å². The maximum absolute atomic E-state index is 14.2. The third-order valence-electron chi connectivity index (χ3n) is 7.64. The summed E-state index contributed by atoms with van der Waals surface area (Å²) in [5.74, 6) is -0.985. The number of carbonyl (C=O) groups is 3. The third-order valence-corrected chi connectivity index (χ3v) is 8.78. The Hall–Kier alpha value is -3.98. The molecular formula is C33H39N3O5S. The first-order valence-electron chi connectivity index (χ1n) is 14.4. The van der Waals surface area contributed by atoms with Crippen molar-refractivity contribution in [3.8, 4) is 0 Å². The van der Waals surface area contributed by atoms with E-state index in [0.29, 0.717) is 5.56 Å². The minimum atomic E-state index is -3.92. The van der Waals surface area contributed by atoms with Gasteiger partial charge in [-0.3, -0.25) is 18.7 Å². The van der Waals surface area contributed by atoms with E-state index in [4.69, 9.17) is 0 Å².